The molecule has 0 heterocycles. The molecule has 1 rings (SSSR count). The van der Waals surface area contributed by atoms with Crippen molar-refractivity contribution in [2.75, 3.05) is 13.2 Å². The second-order valence-corrected chi connectivity index (χ2v) is 4.81. The van der Waals surface area contributed by atoms with Gasteiger partial charge in [0.05, 0.1) is 5.02 Å². The standard InChI is InChI=1S/C13H16Cl2N2O3/c1-3-16-13(19)8(2)17-11(18)7-20-10-6-4-5-9(14)12(10)15/h4-6,8H,3,7H2,1-2H3,(H,16,19)(H,17,18)/t8-/m0/s1. The lowest BCUT2D eigenvalue weighted by Crippen LogP contribution is -2.46. The van der Waals surface area contributed by atoms with E-state index in [0.717, 1.165) is 0 Å². The Morgan fingerprint density at radius 2 is 2.05 bits per heavy atom. The topological polar surface area (TPSA) is 67.4 Å². The van der Waals surface area contributed by atoms with Crippen LogP contribution in [0.1, 0.15) is 13.8 Å². The van der Waals surface area contributed by atoms with E-state index in [9.17, 15) is 9.59 Å². The highest BCUT2D eigenvalue weighted by Gasteiger charge is 2.15. The van der Waals surface area contributed by atoms with Crippen LogP contribution < -0.4 is 15.4 Å². The number of benzene rings is 1. The summed E-state index contributed by atoms with van der Waals surface area (Å²) in [6, 6.07) is 4.27. The molecule has 20 heavy (non-hydrogen) atoms. The van der Waals surface area contributed by atoms with E-state index < -0.39 is 11.9 Å². The second kappa shape index (κ2) is 7.97. The molecule has 0 spiro atoms. The minimum atomic E-state index is -0.624. The number of ether oxygens (including phenoxy) is 1. The number of amides is 2. The lowest BCUT2D eigenvalue weighted by atomic mass is 10.3. The molecule has 0 saturated heterocycles. The Morgan fingerprint density at radius 1 is 1.35 bits per heavy atom. The molecular weight excluding hydrogens is 303 g/mol. The minimum Gasteiger partial charge on any atom is -0.482 e. The predicted molar refractivity (Wildman–Crippen MR) is 78.2 cm³/mol. The number of rotatable bonds is 6. The fourth-order valence-corrected chi connectivity index (χ4v) is 1.76. The Labute approximate surface area is 127 Å². The largest absolute Gasteiger partial charge is 0.482 e. The number of nitrogens with one attached hydrogen (secondary N) is 2. The number of carbonyl (C=O) groups is 2. The molecule has 7 heteroatoms. The molecule has 0 aliphatic heterocycles. The van der Waals surface area contributed by atoms with Gasteiger partial charge < -0.3 is 15.4 Å². The first kappa shape index (κ1) is 16.6. The number of halogens is 2. The number of carbonyl (C=O) groups excluding carboxylic acids is 2. The van der Waals surface area contributed by atoms with Crippen LogP contribution in [0.25, 0.3) is 0 Å². The third-order valence-electron chi connectivity index (χ3n) is 2.40. The molecule has 2 N–H and O–H groups in total. The van der Waals surface area contributed by atoms with Gasteiger partial charge in [0, 0.05) is 6.54 Å². The first-order chi connectivity index (χ1) is 9.45. The molecule has 110 valence electrons. The molecule has 1 aromatic rings. The Morgan fingerprint density at radius 3 is 2.70 bits per heavy atom. The summed E-state index contributed by atoms with van der Waals surface area (Å²) < 4.78 is 5.26. The van der Waals surface area contributed by atoms with Gasteiger partial charge in [-0.25, -0.2) is 0 Å². The van der Waals surface area contributed by atoms with Gasteiger partial charge in [0.1, 0.15) is 16.8 Å². The zero-order valence-electron chi connectivity index (χ0n) is 11.2. The van der Waals surface area contributed by atoms with E-state index in [0.29, 0.717) is 17.3 Å². The van der Waals surface area contributed by atoms with Crippen molar-refractivity contribution in [1.29, 1.82) is 0 Å². The van der Waals surface area contributed by atoms with Crippen molar-refractivity contribution in [3.63, 3.8) is 0 Å². The first-order valence-electron chi connectivity index (χ1n) is 6.09. The van der Waals surface area contributed by atoms with Gasteiger partial charge in [-0.3, -0.25) is 9.59 Å². The third-order valence-corrected chi connectivity index (χ3v) is 3.20. The van der Waals surface area contributed by atoms with Crippen LogP contribution in [0.5, 0.6) is 5.75 Å². The van der Waals surface area contributed by atoms with Crippen molar-refractivity contribution in [3.05, 3.63) is 28.2 Å². The zero-order valence-corrected chi connectivity index (χ0v) is 12.7. The average molecular weight is 319 g/mol. The molecule has 2 amide bonds. The van der Waals surface area contributed by atoms with E-state index in [2.05, 4.69) is 10.6 Å². The highest BCUT2D eigenvalue weighted by Crippen LogP contribution is 2.31. The normalized spacial score (nSPS) is 11.6. The van der Waals surface area contributed by atoms with Gasteiger partial charge in [-0.2, -0.15) is 0 Å². The second-order valence-electron chi connectivity index (χ2n) is 4.02. The van der Waals surface area contributed by atoms with Crippen molar-refractivity contribution in [2.45, 2.75) is 19.9 Å². The fourth-order valence-electron chi connectivity index (χ4n) is 1.41. The van der Waals surface area contributed by atoms with Gasteiger partial charge in [0.15, 0.2) is 6.61 Å². The molecule has 0 fully saturated rings. The fraction of sp³-hybridized carbons (Fsp3) is 0.385. The Kier molecular flexibility index (Phi) is 6.61. The van der Waals surface area contributed by atoms with Gasteiger partial charge in [-0.1, -0.05) is 29.3 Å². The highest BCUT2D eigenvalue weighted by molar-refractivity contribution is 6.42. The van der Waals surface area contributed by atoms with E-state index in [4.69, 9.17) is 27.9 Å². The van der Waals surface area contributed by atoms with Gasteiger partial charge in [-0.05, 0) is 26.0 Å². The van der Waals surface area contributed by atoms with E-state index in [1.807, 2.05) is 0 Å². The first-order valence-corrected chi connectivity index (χ1v) is 6.85. The van der Waals surface area contributed by atoms with Gasteiger partial charge in [0.2, 0.25) is 5.91 Å². The van der Waals surface area contributed by atoms with Crippen molar-refractivity contribution in [2.24, 2.45) is 0 Å². The summed E-state index contributed by atoms with van der Waals surface area (Å²) in [6.45, 7) is 3.66. The molecule has 1 atom stereocenters. The minimum absolute atomic E-state index is 0.246. The van der Waals surface area contributed by atoms with Crippen LogP contribution in [0.4, 0.5) is 0 Å². The predicted octanol–water partition coefficient (Wildman–Crippen LogP) is 2.01. The zero-order chi connectivity index (χ0) is 15.1. The molecule has 0 radical (unpaired) electrons. The third kappa shape index (κ3) is 4.90. The van der Waals surface area contributed by atoms with Crippen molar-refractivity contribution in [1.82, 2.24) is 10.6 Å². The molecule has 0 bridgehead atoms. The lowest BCUT2D eigenvalue weighted by Gasteiger charge is -2.14. The van der Waals surface area contributed by atoms with Crippen LogP contribution in [-0.2, 0) is 9.59 Å². The molecule has 0 aromatic heterocycles. The van der Waals surface area contributed by atoms with Crippen molar-refractivity contribution < 1.29 is 14.3 Å². The lowest BCUT2D eigenvalue weighted by molar-refractivity contribution is -0.129. The van der Waals surface area contributed by atoms with E-state index in [-0.39, 0.29) is 17.5 Å². The maximum atomic E-state index is 11.6. The van der Waals surface area contributed by atoms with Gasteiger partial charge >= 0.3 is 0 Å². The monoisotopic (exact) mass is 318 g/mol. The van der Waals surface area contributed by atoms with Crippen LogP contribution in [0, 0.1) is 0 Å². The quantitative estimate of drug-likeness (QED) is 0.843. The van der Waals surface area contributed by atoms with E-state index >= 15 is 0 Å². The summed E-state index contributed by atoms with van der Waals surface area (Å²) >= 11 is 11.7. The average Bonchev–Trinajstić information content (AvgIpc) is 2.40. The van der Waals surface area contributed by atoms with E-state index in [1.165, 1.54) is 0 Å². The number of hydrogen-bond donors (Lipinski definition) is 2. The summed E-state index contributed by atoms with van der Waals surface area (Å²) in [5.74, 6) is -0.346. The molecule has 0 aliphatic carbocycles. The smallest absolute Gasteiger partial charge is 0.258 e. The number of hydrogen-bond acceptors (Lipinski definition) is 3. The Balaban J connectivity index is 2.47. The summed E-state index contributed by atoms with van der Waals surface area (Å²) in [5, 5.41) is 5.72. The molecule has 5 nitrogen and oxygen atoms in total. The number of likely N-dealkylation sites (N-methyl/N-ethyl adjacent to an activating group) is 1. The van der Waals surface area contributed by atoms with Crippen LogP contribution in [0.3, 0.4) is 0 Å². The summed E-state index contributed by atoms with van der Waals surface area (Å²) in [7, 11) is 0. The summed E-state index contributed by atoms with van der Waals surface area (Å²) in [5.41, 5.74) is 0. The Bertz CT molecular complexity index is 495. The maximum absolute atomic E-state index is 11.6. The van der Waals surface area contributed by atoms with Gasteiger partial charge in [-0.15, -0.1) is 0 Å². The molecular formula is C13H16Cl2N2O3. The van der Waals surface area contributed by atoms with Crippen LogP contribution in [0.2, 0.25) is 10.0 Å². The Hall–Kier alpha value is -1.46. The van der Waals surface area contributed by atoms with Crippen LogP contribution in [0.15, 0.2) is 18.2 Å². The highest BCUT2D eigenvalue weighted by atomic mass is 35.5. The molecule has 0 unspecified atom stereocenters. The SMILES string of the molecule is CCNC(=O)[C@H](C)NC(=O)COc1cccc(Cl)c1Cl. The maximum Gasteiger partial charge on any atom is 0.258 e. The van der Waals surface area contributed by atoms with Crippen molar-refractivity contribution >= 4 is 35.0 Å². The van der Waals surface area contributed by atoms with Crippen molar-refractivity contribution in [3.8, 4) is 5.75 Å². The molecule has 0 aliphatic rings. The van der Waals surface area contributed by atoms with E-state index in [1.54, 1.807) is 32.0 Å². The molecule has 1 aromatic carbocycles. The summed E-state index contributed by atoms with van der Waals surface area (Å²) in [4.78, 5) is 23.1. The summed E-state index contributed by atoms with van der Waals surface area (Å²) in [6.07, 6.45) is 0. The van der Waals surface area contributed by atoms with Crippen LogP contribution in [-0.4, -0.2) is 31.0 Å². The molecule has 0 saturated carbocycles. The van der Waals surface area contributed by atoms with Gasteiger partial charge in [0.25, 0.3) is 5.91 Å². The van der Waals surface area contributed by atoms with Crippen LogP contribution >= 0.6 is 23.2 Å².